The number of halogens is 2. The summed E-state index contributed by atoms with van der Waals surface area (Å²) < 4.78 is 83.3. The number of fused-ring (bicyclic) bond motifs is 1. The van der Waals surface area contributed by atoms with Crippen molar-refractivity contribution >= 4 is 19.9 Å². The van der Waals surface area contributed by atoms with Crippen molar-refractivity contribution in [1.29, 1.82) is 0 Å². The Morgan fingerprint density at radius 3 is 2.47 bits per heavy atom. The molecule has 0 radical (unpaired) electrons. The van der Waals surface area contributed by atoms with E-state index in [-0.39, 0.29) is 35.6 Å². The van der Waals surface area contributed by atoms with E-state index >= 15 is 4.39 Å². The molecule has 0 bridgehead atoms. The second-order valence-electron chi connectivity index (χ2n) is 8.97. The Morgan fingerprint density at radius 2 is 1.81 bits per heavy atom. The van der Waals surface area contributed by atoms with Gasteiger partial charge in [0.1, 0.15) is 16.4 Å². The molecule has 2 fully saturated rings. The van der Waals surface area contributed by atoms with Gasteiger partial charge in [0, 0.05) is 11.6 Å². The summed E-state index contributed by atoms with van der Waals surface area (Å²) in [5.74, 6) is -1.79. The normalized spacial score (nSPS) is 29.9. The molecule has 4 rings (SSSR count). The van der Waals surface area contributed by atoms with Gasteiger partial charge in [-0.3, -0.25) is 0 Å². The van der Waals surface area contributed by atoms with Gasteiger partial charge in [0.15, 0.2) is 9.84 Å². The van der Waals surface area contributed by atoms with Crippen LogP contribution in [0.2, 0.25) is 0 Å². The summed E-state index contributed by atoms with van der Waals surface area (Å²) >= 11 is 0. The Kier molecular flexibility index (Phi) is 5.96. The maximum Gasteiger partial charge on any atom is 0.214 e. The molecule has 4 atom stereocenters. The third kappa shape index (κ3) is 3.78. The van der Waals surface area contributed by atoms with Crippen LogP contribution < -0.4 is 4.72 Å². The lowest BCUT2D eigenvalue weighted by Crippen LogP contribution is -2.57. The molecule has 1 aliphatic carbocycles. The Morgan fingerprint density at radius 1 is 1.12 bits per heavy atom. The monoisotopic (exact) mass is 483 g/mol. The van der Waals surface area contributed by atoms with E-state index in [2.05, 4.69) is 4.72 Å². The Balaban J connectivity index is 1.87. The Bertz CT molecular complexity index is 1230. The fourth-order valence-corrected chi connectivity index (χ4v) is 9.35. The van der Waals surface area contributed by atoms with Gasteiger partial charge in [0.05, 0.1) is 10.1 Å². The van der Waals surface area contributed by atoms with Crippen molar-refractivity contribution in [3.63, 3.8) is 0 Å². The van der Waals surface area contributed by atoms with Crippen molar-refractivity contribution in [3.8, 4) is 0 Å². The highest BCUT2D eigenvalue weighted by Crippen LogP contribution is 2.51. The number of sulfonamides is 1. The highest BCUT2D eigenvalue weighted by Gasteiger charge is 2.55. The molecule has 2 aromatic carbocycles. The van der Waals surface area contributed by atoms with Gasteiger partial charge in [0.25, 0.3) is 0 Å². The number of sulfone groups is 1. The third-order valence-corrected chi connectivity index (χ3v) is 11.6. The van der Waals surface area contributed by atoms with Crippen LogP contribution in [0.5, 0.6) is 0 Å². The van der Waals surface area contributed by atoms with Crippen molar-refractivity contribution < 1.29 is 25.6 Å². The third-order valence-electron chi connectivity index (χ3n) is 7.06. The Labute approximate surface area is 188 Å². The zero-order valence-corrected chi connectivity index (χ0v) is 19.6. The summed E-state index contributed by atoms with van der Waals surface area (Å²) in [6.07, 6.45) is 0.919. The van der Waals surface area contributed by atoms with Crippen LogP contribution in [-0.2, 0) is 24.6 Å². The highest BCUT2D eigenvalue weighted by atomic mass is 32.2. The van der Waals surface area contributed by atoms with E-state index in [0.29, 0.717) is 12.8 Å². The first-order valence-corrected chi connectivity index (χ1v) is 13.8. The lowest BCUT2D eigenvalue weighted by molar-refractivity contribution is 0.206. The molecule has 1 saturated carbocycles. The second-order valence-corrected chi connectivity index (χ2v) is 13.2. The summed E-state index contributed by atoms with van der Waals surface area (Å²) in [5.41, 5.74) is 0.698. The van der Waals surface area contributed by atoms with Gasteiger partial charge in [-0.15, -0.1) is 0 Å². The topological polar surface area (TPSA) is 80.3 Å². The molecule has 1 heterocycles. The molecule has 1 N–H and O–H groups in total. The number of nitrogens with one attached hydrogen (secondary N) is 1. The van der Waals surface area contributed by atoms with Gasteiger partial charge in [-0.1, -0.05) is 24.6 Å². The van der Waals surface area contributed by atoms with Gasteiger partial charge >= 0.3 is 0 Å². The van der Waals surface area contributed by atoms with Gasteiger partial charge in [-0.2, -0.15) is 0 Å². The van der Waals surface area contributed by atoms with Crippen LogP contribution in [0, 0.1) is 24.5 Å². The minimum Gasteiger partial charge on any atom is -0.223 e. The van der Waals surface area contributed by atoms with E-state index in [1.165, 1.54) is 12.1 Å². The number of aryl methyl sites for hydroxylation is 1. The lowest BCUT2D eigenvalue weighted by atomic mass is 9.72. The van der Waals surface area contributed by atoms with E-state index in [1.54, 1.807) is 19.1 Å². The number of benzene rings is 2. The van der Waals surface area contributed by atoms with Crippen LogP contribution in [0.25, 0.3) is 0 Å². The standard InChI is InChI=1S/C23H27F2NO4S2/c1-3-18-12-16-14-23(11-10-22(16)26-32(18,29)30,20-13-17(24)6-9-21(20)25)31(27,28)19-7-4-15(2)5-8-19/h4-9,13,16,18,22,26H,3,10-12,14H2,1-2H3/t16-,18+,22+,23-/m0/s1. The minimum atomic E-state index is -4.12. The second kappa shape index (κ2) is 8.18. The molecule has 174 valence electrons. The maximum absolute atomic E-state index is 15.1. The summed E-state index contributed by atoms with van der Waals surface area (Å²) in [6, 6.07) is 8.83. The molecule has 0 spiro atoms. The van der Waals surface area contributed by atoms with Crippen molar-refractivity contribution in [1.82, 2.24) is 4.72 Å². The zero-order valence-electron chi connectivity index (χ0n) is 18.0. The van der Waals surface area contributed by atoms with Crippen molar-refractivity contribution in [2.45, 2.75) is 66.9 Å². The van der Waals surface area contributed by atoms with E-state index in [9.17, 15) is 21.2 Å². The smallest absolute Gasteiger partial charge is 0.214 e. The predicted octanol–water partition coefficient (Wildman–Crippen LogP) is 4.21. The van der Waals surface area contributed by atoms with E-state index in [1.807, 2.05) is 6.92 Å². The number of rotatable bonds is 4. The largest absolute Gasteiger partial charge is 0.223 e. The van der Waals surface area contributed by atoms with Gasteiger partial charge in [-0.25, -0.2) is 30.3 Å². The summed E-state index contributed by atoms with van der Waals surface area (Å²) in [7, 11) is -7.61. The average Bonchev–Trinajstić information content (AvgIpc) is 2.74. The molecule has 32 heavy (non-hydrogen) atoms. The van der Waals surface area contributed by atoms with E-state index < -0.39 is 47.5 Å². The highest BCUT2D eigenvalue weighted by molar-refractivity contribution is 7.92. The number of hydrogen-bond acceptors (Lipinski definition) is 4. The fraction of sp³-hybridized carbons (Fsp3) is 0.478. The van der Waals surface area contributed by atoms with E-state index in [4.69, 9.17) is 0 Å². The molecular formula is C23H27F2NO4S2. The first-order chi connectivity index (χ1) is 15.0. The molecule has 0 unspecified atom stereocenters. The molecule has 2 aromatic rings. The summed E-state index contributed by atoms with van der Waals surface area (Å²) in [6.45, 7) is 3.61. The van der Waals surface area contributed by atoms with Crippen molar-refractivity contribution in [3.05, 3.63) is 65.2 Å². The molecule has 0 aromatic heterocycles. The van der Waals surface area contributed by atoms with Crippen LogP contribution in [0.1, 0.15) is 50.2 Å². The van der Waals surface area contributed by atoms with Crippen LogP contribution in [0.4, 0.5) is 8.78 Å². The van der Waals surface area contributed by atoms with Gasteiger partial charge in [-0.05, 0) is 75.3 Å². The summed E-state index contributed by atoms with van der Waals surface area (Å²) in [4.78, 5) is 0.0497. The Hall–Kier alpha value is -1.84. The van der Waals surface area contributed by atoms with Crippen molar-refractivity contribution in [2.75, 3.05) is 0 Å². The maximum atomic E-state index is 15.1. The molecule has 5 nitrogen and oxygen atoms in total. The molecule has 9 heteroatoms. The van der Waals surface area contributed by atoms with Crippen LogP contribution in [0.15, 0.2) is 47.4 Å². The predicted molar refractivity (Wildman–Crippen MR) is 118 cm³/mol. The minimum absolute atomic E-state index is 0.00986. The first-order valence-electron chi connectivity index (χ1n) is 10.8. The quantitative estimate of drug-likeness (QED) is 0.706. The molecule has 1 saturated heterocycles. The van der Waals surface area contributed by atoms with Crippen LogP contribution >= 0.6 is 0 Å². The van der Waals surface area contributed by atoms with Crippen LogP contribution in [-0.4, -0.2) is 28.1 Å². The molecule has 0 amide bonds. The molecule has 2 aliphatic rings. The SMILES string of the molecule is CC[C@@H]1C[C@H]2C[C@@](c3cc(F)ccc3F)(S(=O)(=O)c3ccc(C)cc3)CC[C@H]2NS1(=O)=O. The average molecular weight is 484 g/mol. The van der Waals surface area contributed by atoms with Gasteiger partial charge in [0.2, 0.25) is 10.0 Å². The zero-order chi connectivity index (χ0) is 23.3. The number of hydrogen-bond donors (Lipinski definition) is 1. The summed E-state index contributed by atoms with van der Waals surface area (Å²) in [5, 5.41) is -0.640. The van der Waals surface area contributed by atoms with E-state index in [0.717, 1.165) is 23.8 Å². The lowest BCUT2D eigenvalue weighted by Gasteiger charge is -2.47. The van der Waals surface area contributed by atoms with Gasteiger partial charge < -0.3 is 0 Å². The van der Waals surface area contributed by atoms with Crippen molar-refractivity contribution in [2.24, 2.45) is 5.92 Å². The molecule has 1 aliphatic heterocycles. The van der Waals surface area contributed by atoms with Crippen LogP contribution in [0.3, 0.4) is 0 Å². The fourth-order valence-electron chi connectivity index (χ4n) is 5.28. The first kappa shape index (κ1) is 23.3. The molecular weight excluding hydrogens is 456 g/mol.